The van der Waals surface area contributed by atoms with Gasteiger partial charge in [-0.2, -0.15) is 0 Å². The molecule has 1 aliphatic carbocycles. The van der Waals surface area contributed by atoms with Crippen LogP contribution in [0.1, 0.15) is 48.5 Å². The Kier molecular flexibility index (Phi) is 7.33. The Labute approximate surface area is 138 Å². The van der Waals surface area contributed by atoms with Gasteiger partial charge in [0, 0.05) is 25.3 Å². The number of aliphatic hydroxyl groups excluding tert-OH is 1. The molecule has 0 aliphatic heterocycles. The van der Waals surface area contributed by atoms with Crippen LogP contribution in [0.3, 0.4) is 0 Å². The predicted octanol–water partition coefficient (Wildman–Crippen LogP) is 2.49. The van der Waals surface area contributed by atoms with Gasteiger partial charge in [-0.15, -0.1) is 12.4 Å². The maximum Gasteiger partial charge on any atom is 0.251 e. The van der Waals surface area contributed by atoms with E-state index >= 15 is 0 Å². The third-order valence-corrected chi connectivity index (χ3v) is 5.01. The van der Waals surface area contributed by atoms with Gasteiger partial charge in [0.2, 0.25) is 0 Å². The van der Waals surface area contributed by atoms with E-state index in [2.05, 4.69) is 12.2 Å². The van der Waals surface area contributed by atoms with Crippen LogP contribution in [0.15, 0.2) is 24.3 Å². The van der Waals surface area contributed by atoms with E-state index < -0.39 is 0 Å². The summed E-state index contributed by atoms with van der Waals surface area (Å²) >= 11 is 0. The van der Waals surface area contributed by atoms with Crippen LogP contribution >= 0.6 is 12.4 Å². The molecular weight excluding hydrogens is 300 g/mol. The molecule has 22 heavy (non-hydrogen) atoms. The topological polar surface area (TPSA) is 75.3 Å². The molecule has 5 heteroatoms. The van der Waals surface area contributed by atoms with Gasteiger partial charge in [-0.05, 0) is 48.3 Å². The molecule has 1 amide bonds. The largest absolute Gasteiger partial charge is 0.396 e. The molecule has 1 fully saturated rings. The van der Waals surface area contributed by atoms with Crippen LogP contribution in [-0.2, 0) is 6.54 Å². The minimum atomic E-state index is -0.0268. The molecule has 1 unspecified atom stereocenters. The van der Waals surface area contributed by atoms with Gasteiger partial charge in [-0.3, -0.25) is 4.79 Å². The fraction of sp³-hybridized carbons (Fsp3) is 0.588. The number of nitrogens with one attached hydrogen (secondary N) is 1. The molecule has 2 rings (SSSR count). The summed E-state index contributed by atoms with van der Waals surface area (Å²) < 4.78 is 0. The van der Waals surface area contributed by atoms with Gasteiger partial charge < -0.3 is 16.2 Å². The molecule has 0 bridgehead atoms. The van der Waals surface area contributed by atoms with Crippen molar-refractivity contribution >= 4 is 18.3 Å². The zero-order valence-corrected chi connectivity index (χ0v) is 14.0. The number of amides is 1. The molecule has 1 saturated carbocycles. The van der Waals surface area contributed by atoms with E-state index in [1.807, 2.05) is 24.3 Å². The summed E-state index contributed by atoms with van der Waals surface area (Å²) in [6, 6.07) is 7.43. The number of carbonyl (C=O) groups is 1. The summed E-state index contributed by atoms with van der Waals surface area (Å²) in [4.78, 5) is 12.2. The molecule has 0 spiro atoms. The average molecular weight is 327 g/mol. The first-order valence-corrected chi connectivity index (χ1v) is 7.79. The number of nitrogens with two attached hydrogens (primary N) is 1. The Morgan fingerprint density at radius 1 is 1.36 bits per heavy atom. The number of aliphatic hydroxyl groups is 1. The minimum Gasteiger partial charge on any atom is -0.396 e. The fourth-order valence-electron chi connectivity index (χ4n) is 3.13. The summed E-state index contributed by atoms with van der Waals surface area (Å²) in [7, 11) is 0. The highest BCUT2D eigenvalue weighted by atomic mass is 35.5. The van der Waals surface area contributed by atoms with Crippen molar-refractivity contribution in [2.24, 2.45) is 17.1 Å². The maximum atomic E-state index is 12.2. The molecule has 4 N–H and O–H groups in total. The quantitative estimate of drug-likeness (QED) is 0.720. The third kappa shape index (κ3) is 4.22. The molecule has 0 aromatic heterocycles. The Balaban J connectivity index is 0.00000242. The summed E-state index contributed by atoms with van der Waals surface area (Å²) in [5.74, 6) is 0.414. The van der Waals surface area contributed by atoms with Gasteiger partial charge in [0.25, 0.3) is 5.91 Å². The standard InChI is InChI=1S/C17H26N2O2.ClH/c1-13(7-10-20)17(8-2-9-17)12-19-16(21)15-5-3-14(11-18)4-6-15;/h3-6,13,20H,2,7-12,18H2,1H3,(H,19,21);1H. The number of halogens is 1. The smallest absolute Gasteiger partial charge is 0.251 e. The number of hydrogen-bond donors (Lipinski definition) is 3. The van der Waals surface area contributed by atoms with E-state index in [1.165, 1.54) is 6.42 Å². The van der Waals surface area contributed by atoms with Crippen molar-refractivity contribution in [1.82, 2.24) is 5.32 Å². The molecule has 1 atom stereocenters. The van der Waals surface area contributed by atoms with E-state index in [4.69, 9.17) is 10.8 Å². The van der Waals surface area contributed by atoms with Gasteiger partial charge in [0.05, 0.1) is 0 Å². The average Bonchev–Trinajstić information content (AvgIpc) is 2.46. The lowest BCUT2D eigenvalue weighted by molar-refractivity contribution is 0.0411. The van der Waals surface area contributed by atoms with Crippen LogP contribution in [0.4, 0.5) is 0 Å². The lowest BCUT2D eigenvalue weighted by Gasteiger charge is -2.47. The zero-order chi connectivity index (χ0) is 15.3. The lowest BCUT2D eigenvalue weighted by atomic mass is 9.60. The molecule has 0 saturated heterocycles. The molecule has 4 nitrogen and oxygen atoms in total. The second-order valence-corrected chi connectivity index (χ2v) is 6.21. The molecule has 124 valence electrons. The van der Waals surface area contributed by atoms with E-state index in [-0.39, 0.29) is 30.3 Å². The first kappa shape index (κ1) is 18.9. The van der Waals surface area contributed by atoms with E-state index in [0.717, 1.165) is 24.8 Å². The summed E-state index contributed by atoms with van der Waals surface area (Å²) in [5, 5.41) is 12.2. The van der Waals surface area contributed by atoms with Crippen LogP contribution in [-0.4, -0.2) is 24.2 Å². The zero-order valence-electron chi connectivity index (χ0n) is 13.2. The van der Waals surface area contributed by atoms with Crippen molar-refractivity contribution in [1.29, 1.82) is 0 Å². The SMILES string of the molecule is CC(CCO)C1(CNC(=O)c2ccc(CN)cc2)CCC1.Cl. The normalized spacial score (nSPS) is 17.0. The van der Waals surface area contributed by atoms with E-state index in [0.29, 0.717) is 24.6 Å². The van der Waals surface area contributed by atoms with Crippen LogP contribution in [0, 0.1) is 11.3 Å². The first-order valence-electron chi connectivity index (χ1n) is 7.79. The van der Waals surface area contributed by atoms with E-state index in [9.17, 15) is 4.79 Å². The molecule has 0 radical (unpaired) electrons. The van der Waals surface area contributed by atoms with Crippen molar-refractivity contribution in [3.05, 3.63) is 35.4 Å². The van der Waals surface area contributed by atoms with Crippen molar-refractivity contribution in [2.75, 3.05) is 13.2 Å². The summed E-state index contributed by atoms with van der Waals surface area (Å²) in [6.07, 6.45) is 4.30. The Bertz CT molecular complexity index is 472. The number of carbonyl (C=O) groups excluding carboxylic acids is 1. The Hall–Kier alpha value is -1.10. The summed E-state index contributed by atoms with van der Waals surface area (Å²) in [6.45, 7) is 3.59. The maximum absolute atomic E-state index is 12.2. The Morgan fingerprint density at radius 3 is 2.45 bits per heavy atom. The van der Waals surface area contributed by atoms with Crippen molar-refractivity contribution in [3.63, 3.8) is 0 Å². The number of hydrogen-bond acceptors (Lipinski definition) is 3. The lowest BCUT2D eigenvalue weighted by Crippen LogP contribution is -2.46. The highest BCUT2D eigenvalue weighted by molar-refractivity contribution is 5.94. The van der Waals surface area contributed by atoms with Crippen LogP contribution in [0.2, 0.25) is 0 Å². The van der Waals surface area contributed by atoms with Gasteiger partial charge >= 0.3 is 0 Å². The van der Waals surface area contributed by atoms with Crippen LogP contribution < -0.4 is 11.1 Å². The van der Waals surface area contributed by atoms with Gasteiger partial charge in [-0.1, -0.05) is 25.5 Å². The highest BCUT2D eigenvalue weighted by Gasteiger charge is 2.41. The Morgan fingerprint density at radius 2 is 2.00 bits per heavy atom. The van der Waals surface area contributed by atoms with Gasteiger partial charge in [-0.25, -0.2) is 0 Å². The highest BCUT2D eigenvalue weighted by Crippen LogP contribution is 2.47. The number of benzene rings is 1. The molecule has 1 aromatic rings. The van der Waals surface area contributed by atoms with Gasteiger partial charge in [0.15, 0.2) is 0 Å². The monoisotopic (exact) mass is 326 g/mol. The molecule has 1 aliphatic rings. The first-order chi connectivity index (χ1) is 10.1. The van der Waals surface area contributed by atoms with Gasteiger partial charge in [0.1, 0.15) is 0 Å². The fourth-order valence-corrected chi connectivity index (χ4v) is 3.13. The third-order valence-electron chi connectivity index (χ3n) is 5.01. The predicted molar refractivity (Wildman–Crippen MR) is 91.1 cm³/mol. The second-order valence-electron chi connectivity index (χ2n) is 6.21. The molecular formula is C17H27ClN2O2. The second kappa shape index (κ2) is 8.51. The molecule has 0 heterocycles. The molecule has 1 aromatic carbocycles. The minimum absolute atomic E-state index is 0. The summed E-state index contributed by atoms with van der Waals surface area (Å²) in [5.41, 5.74) is 7.44. The van der Waals surface area contributed by atoms with Crippen LogP contribution in [0.25, 0.3) is 0 Å². The van der Waals surface area contributed by atoms with Crippen molar-refractivity contribution in [2.45, 2.75) is 39.2 Å². The number of rotatable bonds is 7. The van der Waals surface area contributed by atoms with Crippen LogP contribution in [0.5, 0.6) is 0 Å². The van der Waals surface area contributed by atoms with Crippen molar-refractivity contribution in [3.8, 4) is 0 Å². The van der Waals surface area contributed by atoms with E-state index in [1.54, 1.807) is 0 Å². The van der Waals surface area contributed by atoms with Crippen molar-refractivity contribution < 1.29 is 9.90 Å².